The average Bonchev–Trinajstić information content (AvgIpc) is 2.33. The van der Waals surface area contributed by atoms with Crippen LogP contribution in [-0.4, -0.2) is 16.2 Å². The number of hydrogen-bond acceptors (Lipinski definition) is 3. The van der Waals surface area contributed by atoms with E-state index in [0.29, 0.717) is 0 Å². The molecule has 0 bridgehead atoms. The Morgan fingerprint density at radius 1 is 1.00 bits per heavy atom. The minimum absolute atomic E-state index is 0.503. The van der Waals surface area contributed by atoms with Crippen LogP contribution in [0.2, 0.25) is 0 Å². The Hall–Kier alpha value is -2.04. The lowest BCUT2D eigenvalue weighted by molar-refractivity contribution is 0.798. The number of rotatable bonds is 1. The van der Waals surface area contributed by atoms with Gasteiger partial charge in [-0.15, -0.1) is 0 Å². The molecule has 0 saturated carbocycles. The number of benzene rings is 1. The van der Waals surface area contributed by atoms with E-state index < -0.39 is 11.1 Å². The van der Waals surface area contributed by atoms with Gasteiger partial charge < -0.3 is 14.5 Å². The lowest BCUT2D eigenvalue weighted by atomic mass is 10.1. The van der Waals surface area contributed by atoms with Crippen molar-refractivity contribution < 1.29 is 0 Å². The second-order valence-corrected chi connectivity index (χ2v) is 4.13. The van der Waals surface area contributed by atoms with Crippen molar-refractivity contribution in [2.75, 3.05) is 12.4 Å². The van der Waals surface area contributed by atoms with Gasteiger partial charge >= 0.3 is 11.1 Å². The summed E-state index contributed by atoms with van der Waals surface area (Å²) in [6, 6.07) is 3.79. The Balaban J connectivity index is 3.07. The summed E-state index contributed by atoms with van der Waals surface area (Å²) in [6.07, 6.45) is 0. The maximum Gasteiger partial charge on any atom is 0.316 e. The molecular formula is C12H15N3O2. The first-order chi connectivity index (χ1) is 7.97. The van der Waals surface area contributed by atoms with Crippen molar-refractivity contribution in [2.45, 2.75) is 6.92 Å². The summed E-state index contributed by atoms with van der Waals surface area (Å²) in [5.41, 5.74) is 2.47. The molecule has 0 amide bonds. The second kappa shape index (κ2) is 3.76. The predicted octanol–water partition coefficient (Wildman–Crippen LogP) is 0.587. The molecule has 5 nitrogen and oxygen atoms in total. The fourth-order valence-corrected chi connectivity index (χ4v) is 1.99. The molecule has 0 fully saturated rings. The maximum absolute atomic E-state index is 11.7. The highest BCUT2D eigenvalue weighted by molar-refractivity contribution is 5.81. The third-order valence-electron chi connectivity index (χ3n) is 3.11. The lowest BCUT2D eigenvalue weighted by Crippen LogP contribution is -2.39. The largest absolute Gasteiger partial charge is 0.388 e. The van der Waals surface area contributed by atoms with E-state index in [9.17, 15) is 9.59 Å². The van der Waals surface area contributed by atoms with Gasteiger partial charge in [-0.1, -0.05) is 0 Å². The van der Waals surface area contributed by atoms with Crippen molar-refractivity contribution in [3.05, 3.63) is 38.4 Å². The van der Waals surface area contributed by atoms with Gasteiger partial charge in [0.1, 0.15) is 0 Å². The van der Waals surface area contributed by atoms with Gasteiger partial charge in [0, 0.05) is 26.8 Å². The van der Waals surface area contributed by atoms with E-state index in [1.807, 2.05) is 26.1 Å². The van der Waals surface area contributed by atoms with Crippen molar-refractivity contribution in [2.24, 2.45) is 14.1 Å². The van der Waals surface area contributed by atoms with E-state index in [-0.39, 0.29) is 0 Å². The highest BCUT2D eigenvalue weighted by Crippen LogP contribution is 2.20. The zero-order valence-electron chi connectivity index (χ0n) is 10.4. The zero-order valence-corrected chi connectivity index (χ0v) is 10.4. The van der Waals surface area contributed by atoms with Crippen LogP contribution in [0.3, 0.4) is 0 Å². The van der Waals surface area contributed by atoms with Crippen LogP contribution in [0.5, 0.6) is 0 Å². The number of nitrogens with one attached hydrogen (secondary N) is 1. The molecule has 0 unspecified atom stereocenters. The molecule has 0 aliphatic heterocycles. The Labute approximate surface area is 98.3 Å². The molecule has 2 aromatic rings. The third-order valence-corrected chi connectivity index (χ3v) is 3.11. The minimum atomic E-state index is -0.508. The maximum atomic E-state index is 11.7. The van der Waals surface area contributed by atoms with Crippen molar-refractivity contribution in [3.8, 4) is 0 Å². The average molecular weight is 233 g/mol. The van der Waals surface area contributed by atoms with E-state index in [2.05, 4.69) is 5.32 Å². The monoisotopic (exact) mass is 233 g/mol. The van der Waals surface area contributed by atoms with Crippen molar-refractivity contribution in [3.63, 3.8) is 0 Å². The molecule has 5 heteroatoms. The number of anilines is 1. The molecule has 0 aliphatic rings. The topological polar surface area (TPSA) is 56.0 Å². The Morgan fingerprint density at radius 3 is 1.94 bits per heavy atom. The molecule has 2 rings (SSSR count). The lowest BCUT2D eigenvalue weighted by Gasteiger charge is -2.12. The summed E-state index contributed by atoms with van der Waals surface area (Å²) < 4.78 is 2.78. The van der Waals surface area contributed by atoms with E-state index >= 15 is 0 Å². The standard InChI is InChI=1S/C12H15N3O2/c1-7-5-9-10(6-8(7)13-2)15(4)12(17)11(16)14(9)3/h5-6,13H,1-4H3. The first kappa shape index (κ1) is 11.4. The second-order valence-electron chi connectivity index (χ2n) is 4.13. The smallest absolute Gasteiger partial charge is 0.316 e. The predicted molar refractivity (Wildman–Crippen MR) is 68.7 cm³/mol. The molecule has 0 spiro atoms. The van der Waals surface area contributed by atoms with Crippen molar-refractivity contribution in [1.29, 1.82) is 0 Å². The first-order valence-corrected chi connectivity index (χ1v) is 5.35. The normalized spacial score (nSPS) is 10.8. The molecule has 0 atom stereocenters. The van der Waals surface area contributed by atoms with E-state index in [4.69, 9.17) is 0 Å². The van der Waals surface area contributed by atoms with E-state index in [0.717, 1.165) is 22.3 Å². The van der Waals surface area contributed by atoms with Gasteiger partial charge in [0.05, 0.1) is 11.0 Å². The fraction of sp³-hybridized carbons (Fsp3) is 0.333. The van der Waals surface area contributed by atoms with Gasteiger partial charge in [-0.3, -0.25) is 9.59 Å². The Kier molecular flexibility index (Phi) is 2.53. The van der Waals surface area contributed by atoms with Crippen LogP contribution < -0.4 is 16.4 Å². The number of hydrogen-bond donors (Lipinski definition) is 1. The number of aromatic nitrogens is 2. The number of aryl methyl sites for hydroxylation is 3. The van der Waals surface area contributed by atoms with Gasteiger partial charge in [-0.25, -0.2) is 0 Å². The van der Waals surface area contributed by atoms with Gasteiger partial charge in [-0.2, -0.15) is 0 Å². The summed E-state index contributed by atoms with van der Waals surface area (Å²) >= 11 is 0. The third kappa shape index (κ3) is 1.54. The highest BCUT2D eigenvalue weighted by atomic mass is 16.2. The molecular weight excluding hydrogens is 218 g/mol. The summed E-state index contributed by atoms with van der Waals surface area (Å²) in [5, 5.41) is 3.07. The quantitative estimate of drug-likeness (QED) is 0.733. The molecule has 0 aliphatic carbocycles. The van der Waals surface area contributed by atoms with Crippen LogP contribution in [0, 0.1) is 6.92 Å². The van der Waals surface area contributed by atoms with E-state index in [1.165, 1.54) is 9.13 Å². The summed E-state index contributed by atoms with van der Waals surface area (Å²) in [6.45, 7) is 1.96. The Morgan fingerprint density at radius 2 is 1.47 bits per heavy atom. The SMILES string of the molecule is CNc1cc2c(cc1C)n(C)c(=O)c(=O)n2C. The summed E-state index contributed by atoms with van der Waals surface area (Å²) in [4.78, 5) is 23.4. The minimum Gasteiger partial charge on any atom is -0.388 e. The Bertz CT molecular complexity index is 710. The van der Waals surface area contributed by atoms with Crippen LogP contribution in [0.25, 0.3) is 11.0 Å². The number of fused-ring (bicyclic) bond motifs is 1. The van der Waals surface area contributed by atoms with Crippen LogP contribution in [0.4, 0.5) is 5.69 Å². The van der Waals surface area contributed by atoms with E-state index in [1.54, 1.807) is 14.1 Å². The van der Waals surface area contributed by atoms with Crippen molar-refractivity contribution in [1.82, 2.24) is 9.13 Å². The van der Waals surface area contributed by atoms with Gasteiger partial charge in [0.15, 0.2) is 0 Å². The van der Waals surface area contributed by atoms with Crippen LogP contribution in [0.1, 0.15) is 5.56 Å². The fourth-order valence-electron chi connectivity index (χ4n) is 1.99. The zero-order chi connectivity index (χ0) is 12.7. The van der Waals surface area contributed by atoms with Gasteiger partial charge in [0.25, 0.3) is 0 Å². The molecule has 90 valence electrons. The molecule has 1 aromatic carbocycles. The van der Waals surface area contributed by atoms with Crippen LogP contribution in [-0.2, 0) is 14.1 Å². The molecule has 0 saturated heterocycles. The van der Waals surface area contributed by atoms with Crippen LogP contribution in [0.15, 0.2) is 21.7 Å². The summed E-state index contributed by atoms with van der Waals surface area (Å²) in [5.74, 6) is 0. The van der Waals surface area contributed by atoms with Gasteiger partial charge in [0.2, 0.25) is 0 Å². The molecule has 17 heavy (non-hydrogen) atoms. The van der Waals surface area contributed by atoms with Crippen LogP contribution >= 0.6 is 0 Å². The highest BCUT2D eigenvalue weighted by Gasteiger charge is 2.10. The molecule has 1 aromatic heterocycles. The molecule has 1 N–H and O–H groups in total. The van der Waals surface area contributed by atoms with Gasteiger partial charge in [-0.05, 0) is 24.6 Å². The first-order valence-electron chi connectivity index (χ1n) is 5.35. The molecule has 0 radical (unpaired) electrons. The number of nitrogens with zero attached hydrogens (tertiary/aromatic N) is 2. The summed E-state index contributed by atoms with van der Waals surface area (Å²) in [7, 11) is 5.06. The van der Waals surface area contributed by atoms with Crippen molar-refractivity contribution >= 4 is 16.7 Å². The molecule has 1 heterocycles.